The van der Waals surface area contributed by atoms with Crippen molar-refractivity contribution in [3.8, 4) is 0 Å². The topological polar surface area (TPSA) is 23.6 Å². The molecule has 0 spiro atoms. The number of ketones is 1. The molecule has 0 aromatic carbocycles. The second-order valence-electron chi connectivity index (χ2n) is 9.34. The van der Waals surface area contributed by atoms with Gasteiger partial charge in [0.25, 0.3) is 0 Å². The van der Waals surface area contributed by atoms with Crippen LogP contribution in [0.1, 0.15) is 72.6 Å². The number of Topliss-reactive ketones (excluding diaryl/α,β-unsaturated/α-hetero) is 1. The van der Waals surface area contributed by atoms with Gasteiger partial charge in [-0.05, 0) is 83.7 Å². The molecule has 0 aliphatic carbocycles. The second kappa shape index (κ2) is 7.86. The number of carbonyl (C=O) groups excluding carboxylic acids is 1. The van der Waals surface area contributed by atoms with E-state index in [1.807, 2.05) is 13.8 Å². The van der Waals surface area contributed by atoms with E-state index in [1.54, 1.807) is 0 Å². The molecule has 0 amide bonds. The molecule has 0 radical (unpaired) electrons. The van der Waals surface area contributed by atoms with Crippen molar-refractivity contribution < 1.29 is 4.79 Å². The van der Waals surface area contributed by atoms with Crippen LogP contribution in [0.3, 0.4) is 0 Å². The van der Waals surface area contributed by atoms with Crippen molar-refractivity contribution in [2.45, 2.75) is 90.8 Å². The first-order chi connectivity index (χ1) is 11.4. The van der Waals surface area contributed by atoms with Gasteiger partial charge in [-0.1, -0.05) is 13.8 Å². The fraction of sp³-hybridized carbons (Fsp3) is 0.952. The maximum absolute atomic E-state index is 11.9. The summed E-state index contributed by atoms with van der Waals surface area (Å²) in [4.78, 5) is 17.1. The van der Waals surface area contributed by atoms with Crippen molar-refractivity contribution in [2.75, 3.05) is 19.6 Å². The van der Waals surface area contributed by atoms with E-state index in [4.69, 9.17) is 0 Å². The van der Waals surface area contributed by atoms with E-state index in [0.29, 0.717) is 12.3 Å². The number of nitrogens with zero attached hydrogens (tertiary/aromatic N) is 2. The summed E-state index contributed by atoms with van der Waals surface area (Å²) in [6.45, 7) is 11.8. The fourth-order valence-corrected chi connectivity index (χ4v) is 5.62. The molecule has 0 saturated carbocycles. The Morgan fingerprint density at radius 3 is 2.00 bits per heavy atom. The molecule has 3 heterocycles. The number of carbonyl (C=O) groups is 1. The summed E-state index contributed by atoms with van der Waals surface area (Å²) in [6, 6.07) is 2.47. The average Bonchev–Trinajstić information content (AvgIpc) is 2.81. The van der Waals surface area contributed by atoms with E-state index in [-0.39, 0.29) is 5.92 Å². The molecule has 3 heteroatoms. The molecular weight excluding hydrogens is 296 g/mol. The number of fused-ring (bicyclic) bond motifs is 2. The van der Waals surface area contributed by atoms with E-state index in [0.717, 1.165) is 43.1 Å². The highest BCUT2D eigenvalue weighted by Crippen LogP contribution is 2.42. The van der Waals surface area contributed by atoms with Crippen LogP contribution in [0.15, 0.2) is 0 Å². The van der Waals surface area contributed by atoms with Crippen molar-refractivity contribution in [1.29, 1.82) is 0 Å². The molecule has 2 atom stereocenters. The van der Waals surface area contributed by atoms with Gasteiger partial charge in [0.15, 0.2) is 0 Å². The normalized spacial score (nSPS) is 32.8. The van der Waals surface area contributed by atoms with Gasteiger partial charge in [-0.2, -0.15) is 0 Å². The lowest BCUT2D eigenvalue weighted by molar-refractivity contribution is -0.123. The van der Waals surface area contributed by atoms with Gasteiger partial charge in [-0.15, -0.1) is 0 Å². The SMILES string of the molecule is CC(C)C(=O)CN1CCC(CC2CC3CCC(C2)N3C(C)C)CC1. The van der Waals surface area contributed by atoms with Gasteiger partial charge in [0.2, 0.25) is 0 Å². The molecule has 0 aromatic rings. The Hall–Kier alpha value is -0.410. The van der Waals surface area contributed by atoms with E-state index in [1.165, 1.54) is 44.9 Å². The molecular formula is C21H38N2O. The summed E-state index contributed by atoms with van der Waals surface area (Å²) in [6.07, 6.45) is 9.84. The Bertz CT molecular complexity index is 412. The zero-order valence-corrected chi connectivity index (χ0v) is 16.3. The fourth-order valence-electron chi connectivity index (χ4n) is 5.62. The van der Waals surface area contributed by atoms with Crippen LogP contribution in [0.2, 0.25) is 0 Å². The molecule has 2 bridgehead atoms. The summed E-state index contributed by atoms with van der Waals surface area (Å²) in [5.74, 6) is 2.46. The molecule has 0 aromatic heterocycles. The summed E-state index contributed by atoms with van der Waals surface area (Å²) in [5.41, 5.74) is 0. The lowest BCUT2D eigenvalue weighted by atomic mass is 9.80. The largest absolute Gasteiger partial charge is 0.298 e. The summed E-state index contributed by atoms with van der Waals surface area (Å²) < 4.78 is 0. The zero-order valence-electron chi connectivity index (χ0n) is 16.3. The van der Waals surface area contributed by atoms with Crippen LogP contribution in [0.5, 0.6) is 0 Å². The third-order valence-corrected chi connectivity index (χ3v) is 6.88. The van der Waals surface area contributed by atoms with Crippen molar-refractivity contribution in [3.05, 3.63) is 0 Å². The molecule has 3 nitrogen and oxygen atoms in total. The molecule has 3 saturated heterocycles. The van der Waals surface area contributed by atoms with Crippen molar-refractivity contribution in [3.63, 3.8) is 0 Å². The first kappa shape index (κ1) is 18.4. The van der Waals surface area contributed by atoms with Crippen LogP contribution in [-0.4, -0.2) is 53.3 Å². The standard InChI is InChI=1S/C21H38N2O/c1-15(2)21(24)14-22-9-7-17(8-10-22)11-18-12-19-5-6-20(13-18)23(19)16(3)4/h15-20H,5-14H2,1-4H3. The van der Waals surface area contributed by atoms with Gasteiger partial charge in [0.1, 0.15) is 5.78 Å². The van der Waals surface area contributed by atoms with Crippen LogP contribution >= 0.6 is 0 Å². The third kappa shape index (κ3) is 4.22. The number of likely N-dealkylation sites (tertiary alicyclic amines) is 1. The van der Waals surface area contributed by atoms with Crippen molar-refractivity contribution in [2.24, 2.45) is 17.8 Å². The summed E-state index contributed by atoms with van der Waals surface area (Å²) >= 11 is 0. The minimum atomic E-state index is 0.185. The Kier molecular flexibility index (Phi) is 6.02. The summed E-state index contributed by atoms with van der Waals surface area (Å²) in [5, 5.41) is 0. The Morgan fingerprint density at radius 2 is 1.50 bits per heavy atom. The van der Waals surface area contributed by atoms with E-state index < -0.39 is 0 Å². The molecule has 0 N–H and O–H groups in total. The Balaban J connectivity index is 1.42. The first-order valence-electron chi connectivity index (χ1n) is 10.5. The molecule has 3 fully saturated rings. The average molecular weight is 335 g/mol. The lowest BCUT2D eigenvalue weighted by Crippen LogP contribution is -2.47. The quantitative estimate of drug-likeness (QED) is 0.734. The Labute approximate surface area is 149 Å². The van der Waals surface area contributed by atoms with Crippen LogP contribution in [-0.2, 0) is 4.79 Å². The van der Waals surface area contributed by atoms with Gasteiger partial charge in [0, 0.05) is 24.0 Å². The highest BCUT2D eigenvalue weighted by atomic mass is 16.1. The minimum absolute atomic E-state index is 0.185. The van der Waals surface area contributed by atoms with Crippen LogP contribution < -0.4 is 0 Å². The number of piperidine rings is 2. The van der Waals surface area contributed by atoms with Gasteiger partial charge in [-0.3, -0.25) is 14.6 Å². The van der Waals surface area contributed by atoms with Crippen molar-refractivity contribution in [1.82, 2.24) is 9.80 Å². The van der Waals surface area contributed by atoms with E-state index in [9.17, 15) is 4.79 Å². The van der Waals surface area contributed by atoms with Gasteiger partial charge < -0.3 is 0 Å². The Morgan fingerprint density at radius 1 is 0.917 bits per heavy atom. The molecule has 3 rings (SSSR count). The predicted octanol–water partition coefficient (Wildman–Crippen LogP) is 3.97. The van der Waals surface area contributed by atoms with Crippen LogP contribution in [0, 0.1) is 17.8 Å². The maximum atomic E-state index is 11.9. The number of hydrogen-bond donors (Lipinski definition) is 0. The van der Waals surface area contributed by atoms with E-state index in [2.05, 4.69) is 23.6 Å². The lowest BCUT2D eigenvalue weighted by Gasteiger charge is -2.43. The number of hydrogen-bond acceptors (Lipinski definition) is 3. The molecule has 24 heavy (non-hydrogen) atoms. The molecule has 3 aliphatic rings. The highest BCUT2D eigenvalue weighted by molar-refractivity contribution is 5.82. The first-order valence-corrected chi connectivity index (χ1v) is 10.5. The van der Waals surface area contributed by atoms with Gasteiger partial charge >= 0.3 is 0 Å². The smallest absolute Gasteiger partial charge is 0.149 e. The van der Waals surface area contributed by atoms with Gasteiger partial charge in [0.05, 0.1) is 6.54 Å². The monoisotopic (exact) mass is 334 g/mol. The predicted molar refractivity (Wildman–Crippen MR) is 100 cm³/mol. The van der Waals surface area contributed by atoms with Crippen LogP contribution in [0.4, 0.5) is 0 Å². The minimum Gasteiger partial charge on any atom is -0.298 e. The molecule has 2 unspecified atom stereocenters. The number of rotatable bonds is 6. The van der Waals surface area contributed by atoms with E-state index >= 15 is 0 Å². The highest BCUT2D eigenvalue weighted by Gasteiger charge is 2.42. The second-order valence-corrected chi connectivity index (χ2v) is 9.34. The van der Waals surface area contributed by atoms with Crippen molar-refractivity contribution >= 4 is 5.78 Å². The molecule has 138 valence electrons. The maximum Gasteiger partial charge on any atom is 0.149 e. The zero-order chi connectivity index (χ0) is 17.3. The third-order valence-electron chi connectivity index (χ3n) is 6.88. The molecule has 3 aliphatic heterocycles. The van der Waals surface area contributed by atoms with Gasteiger partial charge in [-0.25, -0.2) is 0 Å². The van der Waals surface area contributed by atoms with Crippen LogP contribution in [0.25, 0.3) is 0 Å². The summed E-state index contributed by atoms with van der Waals surface area (Å²) in [7, 11) is 0.